The zero-order chi connectivity index (χ0) is 31.9. The van der Waals surface area contributed by atoms with Crippen molar-refractivity contribution in [3.05, 3.63) is 71.8 Å². The largest absolute Gasteiger partial charge is 1.00 e. The summed E-state index contributed by atoms with van der Waals surface area (Å²) < 4.78 is 4.36. The van der Waals surface area contributed by atoms with Crippen LogP contribution in [0.2, 0.25) is 0 Å². The summed E-state index contributed by atoms with van der Waals surface area (Å²) in [7, 11) is 1.28. The van der Waals surface area contributed by atoms with E-state index < -0.39 is 24.0 Å². The molecule has 0 aliphatic heterocycles. The topological polar surface area (TPSA) is 145 Å². The number of carbonyl (C=O) groups is 4. The summed E-state index contributed by atoms with van der Waals surface area (Å²) in [4.78, 5) is 42.6. The number of halogens is 1. The number of alkyl halides is 1. The Morgan fingerprint density at radius 3 is 1.48 bits per heavy atom. The van der Waals surface area contributed by atoms with Gasteiger partial charge in [-0.2, -0.15) is 0 Å². The maximum Gasteiger partial charge on any atom is 1.00 e. The van der Waals surface area contributed by atoms with Crippen LogP contribution in [-0.2, 0) is 35.7 Å². The predicted octanol–water partition coefficient (Wildman–Crippen LogP) is 2.14. The fraction of sp³-hybridized carbons (Fsp3) is 0.484. The van der Waals surface area contributed by atoms with E-state index in [2.05, 4.69) is 43.4 Å². The van der Waals surface area contributed by atoms with E-state index in [1.165, 1.54) is 26.5 Å². The van der Waals surface area contributed by atoms with Gasteiger partial charge in [-0.3, -0.25) is 9.59 Å². The number of ether oxygens (including phenoxy) is 1. The van der Waals surface area contributed by atoms with Crippen molar-refractivity contribution in [3.8, 4) is 0 Å². The molecule has 0 fully saturated rings. The van der Waals surface area contributed by atoms with E-state index in [0.29, 0.717) is 6.42 Å². The van der Waals surface area contributed by atoms with Gasteiger partial charge in [0.2, 0.25) is 11.8 Å². The van der Waals surface area contributed by atoms with E-state index in [0.717, 1.165) is 10.9 Å². The summed E-state index contributed by atoms with van der Waals surface area (Å²) in [6.07, 6.45) is 0.301. The molecule has 42 heavy (non-hydrogen) atoms. The van der Waals surface area contributed by atoms with Gasteiger partial charge in [-0.25, -0.2) is 9.59 Å². The Morgan fingerprint density at radius 2 is 1.21 bits per heavy atom. The zero-order valence-electron chi connectivity index (χ0n) is 26.3. The van der Waals surface area contributed by atoms with Gasteiger partial charge in [-0.05, 0) is 18.1 Å². The summed E-state index contributed by atoms with van der Waals surface area (Å²) in [5, 5.41) is 23.5. The second kappa shape index (κ2) is 38.8. The second-order valence-corrected chi connectivity index (χ2v) is 7.70. The summed E-state index contributed by atoms with van der Waals surface area (Å²) in [5.41, 5.74) is 2.21. The smallest absolute Gasteiger partial charge is 0.855 e. The molecular formula is C31H52BrN2NaO7. The number of benzene rings is 2. The van der Waals surface area contributed by atoms with Crippen molar-refractivity contribution >= 4 is 39.7 Å². The van der Waals surface area contributed by atoms with Gasteiger partial charge in [-0.1, -0.05) is 119 Å². The summed E-state index contributed by atoms with van der Waals surface area (Å²) in [6.45, 7) is 13.8. The number of esters is 1. The SMILES string of the molecule is BrCc1ccccc1.C.CC.CC.CC(=O)NC(Cc1ccccc1)C(=O)O.CC[O-].COC(=O)C(C)NC(C)=O.[Na+]. The van der Waals surface area contributed by atoms with Crippen molar-refractivity contribution in [1.82, 2.24) is 10.6 Å². The van der Waals surface area contributed by atoms with Crippen molar-refractivity contribution < 1.29 is 63.7 Å². The van der Waals surface area contributed by atoms with Crippen LogP contribution in [0.4, 0.5) is 0 Å². The first-order valence-electron chi connectivity index (χ1n) is 13.1. The van der Waals surface area contributed by atoms with Crippen LogP contribution in [-0.4, -0.2) is 54.7 Å². The minimum absolute atomic E-state index is 0. The number of aliphatic carboxylic acids is 1. The van der Waals surface area contributed by atoms with Gasteiger partial charge in [0.05, 0.1) is 7.11 Å². The molecular weight excluding hydrogens is 615 g/mol. The Kier molecular flexibility index (Phi) is 48.4. The van der Waals surface area contributed by atoms with Gasteiger partial charge in [0.1, 0.15) is 12.1 Å². The summed E-state index contributed by atoms with van der Waals surface area (Å²) >= 11 is 3.36. The number of rotatable bonds is 7. The van der Waals surface area contributed by atoms with Crippen molar-refractivity contribution in [1.29, 1.82) is 0 Å². The maximum atomic E-state index is 10.8. The Labute approximate surface area is 284 Å². The molecule has 0 saturated heterocycles. The number of hydrogen-bond acceptors (Lipinski definition) is 6. The molecule has 0 spiro atoms. The van der Waals surface area contributed by atoms with Gasteiger partial charge in [0.25, 0.3) is 0 Å². The fourth-order valence-electron chi connectivity index (χ4n) is 2.40. The van der Waals surface area contributed by atoms with E-state index in [1.54, 1.807) is 13.8 Å². The fourth-order valence-corrected chi connectivity index (χ4v) is 2.78. The number of carboxylic acid groups (broad SMARTS) is 1. The van der Waals surface area contributed by atoms with Crippen LogP contribution in [0.1, 0.15) is 73.9 Å². The van der Waals surface area contributed by atoms with Crippen LogP contribution in [0, 0.1) is 0 Å². The van der Waals surface area contributed by atoms with Gasteiger partial charge in [0.15, 0.2) is 0 Å². The van der Waals surface area contributed by atoms with Gasteiger partial charge in [-0.15, -0.1) is 6.61 Å². The first-order chi connectivity index (χ1) is 19.0. The number of amides is 2. The third-order valence-electron chi connectivity index (χ3n) is 3.93. The normalized spacial score (nSPS) is 9.50. The molecule has 2 unspecified atom stereocenters. The van der Waals surface area contributed by atoms with Crippen LogP contribution in [0.15, 0.2) is 60.7 Å². The summed E-state index contributed by atoms with van der Waals surface area (Å²) in [6, 6.07) is 18.1. The van der Waals surface area contributed by atoms with Gasteiger partial charge >= 0.3 is 41.5 Å². The van der Waals surface area contributed by atoms with Crippen LogP contribution in [0.5, 0.6) is 0 Å². The summed E-state index contributed by atoms with van der Waals surface area (Å²) in [5.74, 6) is -2.03. The Balaban J connectivity index is -0.000000106. The molecule has 2 rings (SSSR count). The van der Waals surface area contributed by atoms with Crippen molar-refractivity contribution in [2.24, 2.45) is 0 Å². The number of nitrogens with one attached hydrogen (secondary N) is 2. The monoisotopic (exact) mass is 666 g/mol. The van der Waals surface area contributed by atoms with Gasteiger partial charge in [0, 0.05) is 25.6 Å². The molecule has 0 heterocycles. The molecule has 2 aromatic rings. The second-order valence-electron chi connectivity index (χ2n) is 7.13. The van der Waals surface area contributed by atoms with Crippen LogP contribution >= 0.6 is 15.9 Å². The molecule has 2 amide bonds. The van der Waals surface area contributed by atoms with Gasteiger partial charge < -0.3 is 25.6 Å². The maximum absolute atomic E-state index is 10.8. The van der Waals surface area contributed by atoms with Crippen LogP contribution in [0.3, 0.4) is 0 Å². The van der Waals surface area contributed by atoms with Crippen LogP contribution < -0.4 is 45.3 Å². The average molecular weight is 668 g/mol. The number of methoxy groups -OCH3 is 1. The molecule has 3 N–H and O–H groups in total. The van der Waals surface area contributed by atoms with Crippen molar-refractivity contribution in [3.63, 3.8) is 0 Å². The predicted molar refractivity (Wildman–Crippen MR) is 170 cm³/mol. The molecule has 0 saturated carbocycles. The molecule has 11 heteroatoms. The van der Waals surface area contributed by atoms with Crippen molar-refractivity contribution in [2.75, 3.05) is 13.7 Å². The molecule has 0 aliphatic rings. The van der Waals surface area contributed by atoms with E-state index in [9.17, 15) is 19.2 Å². The number of carboxylic acids is 1. The van der Waals surface area contributed by atoms with E-state index in [1.807, 2.05) is 76.2 Å². The molecule has 0 aliphatic carbocycles. The molecule has 0 bridgehead atoms. The third kappa shape index (κ3) is 35.8. The standard InChI is InChI=1S/C11H13NO3.C7H7Br.C6H11NO3.C2H5O.2C2H6.CH4.Na/c1-8(13)12-10(11(14)15)7-9-5-3-2-4-6-9;8-6-7-4-2-1-3-5-7;1-4(6(9)10-3)7-5(2)8;1-2-3;2*1-2;;/h2-6,10H,7H2,1H3,(H,12,13)(H,14,15);1-5H,6H2;4H,1-3H3,(H,7,8);2H2,1H3;2*1-2H3;1H4;/q;;;-1;;;;+1. The molecule has 236 valence electrons. The van der Waals surface area contributed by atoms with Crippen molar-refractivity contribution in [2.45, 2.75) is 86.7 Å². The molecule has 2 atom stereocenters. The number of hydrogen-bond donors (Lipinski definition) is 3. The molecule has 0 radical (unpaired) electrons. The Hall–Kier alpha value is -2.24. The zero-order valence-corrected chi connectivity index (χ0v) is 29.9. The first-order valence-corrected chi connectivity index (χ1v) is 14.2. The third-order valence-corrected chi connectivity index (χ3v) is 4.58. The van der Waals surface area contributed by atoms with E-state index in [4.69, 9.17) is 10.2 Å². The minimum Gasteiger partial charge on any atom is -0.855 e. The first kappa shape index (κ1) is 52.4. The molecule has 2 aromatic carbocycles. The molecule has 9 nitrogen and oxygen atoms in total. The van der Waals surface area contributed by atoms with Crippen LogP contribution in [0.25, 0.3) is 0 Å². The van der Waals surface area contributed by atoms with E-state index in [-0.39, 0.29) is 55.4 Å². The molecule has 0 aromatic heterocycles. The Morgan fingerprint density at radius 1 is 0.857 bits per heavy atom. The van der Waals surface area contributed by atoms with E-state index >= 15 is 0 Å². The number of carbonyl (C=O) groups excluding carboxylic acids is 3. The Bertz CT molecular complexity index is 889. The average Bonchev–Trinajstić information content (AvgIpc) is 2.96. The quantitative estimate of drug-likeness (QED) is 0.233. The minimum atomic E-state index is -1.02.